The fourth-order valence-electron chi connectivity index (χ4n) is 2.83. The smallest absolute Gasteiger partial charge is 0.251 e. The van der Waals surface area contributed by atoms with Crippen molar-refractivity contribution < 1.29 is 9.59 Å². The number of carbonyl (C=O) groups is 2. The average Bonchev–Trinajstić information content (AvgIpc) is 2.59. The maximum Gasteiger partial charge on any atom is 0.251 e. The first-order valence-electron chi connectivity index (χ1n) is 8.57. The van der Waals surface area contributed by atoms with E-state index in [9.17, 15) is 9.59 Å². The third kappa shape index (κ3) is 4.25. The summed E-state index contributed by atoms with van der Waals surface area (Å²) in [5, 5.41) is 8.98. The van der Waals surface area contributed by atoms with Gasteiger partial charge in [-0.3, -0.25) is 9.59 Å². The minimum absolute atomic E-state index is 0.0939. The van der Waals surface area contributed by atoms with Crippen LogP contribution in [0.4, 0.5) is 5.69 Å². The zero-order chi connectivity index (χ0) is 17.6. The second-order valence-corrected chi connectivity index (χ2v) is 6.41. The number of rotatable bonds is 6. The minimum Gasteiger partial charge on any atom is -0.340 e. The summed E-state index contributed by atoms with van der Waals surface area (Å²) >= 11 is 0. The Kier molecular flexibility index (Phi) is 5.46. The molecule has 0 saturated carbocycles. The summed E-state index contributed by atoms with van der Waals surface area (Å²) in [6.07, 6.45) is 0. The molecular formula is C20H23N3O2. The quantitative estimate of drug-likeness (QED) is 0.758. The molecule has 1 saturated heterocycles. The maximum absolute atomic E-state index is 12.8. The molecule has 2 unspecified atom stereocenters. The maximum atomic E-state index is 12.8. The molecule has 0 aliphatic carbocycles. The number of carbonyl (C=O) groups excluding carboxylic acids is 2. The molecule has 1 aliphatic rings. The number of hydrogen-bond donors (Lipinski definition) is 3. The van der Waals surface area contributed by atoms with E-state index < -0.39 is 6.04 Å². The third-order valence-electron chi connectivity index (χ3n) is 4.66. The summed E-state index contributed by atoms with van der Waals surface area (Å²) in [6.45, 7) is 3.61. The molecular weight excluding hydrogens is 314 g/mol. The molecule has 25 heavy (non-hydrogen) atoms. The second-order valence-electron chi connectivity index (χ2n) is 6.41. The predicted molar refractivity (Wildman–Crippen MR) is 97.9 cm³/mol. The lowest BCUT2D eigenvalue weighted by atomic mass is 9.88. The van der Waals surface area contributed by atoms with E-state index in [-0.39, 0.29) is 17.7 Å². The lowest BCUT2D eigenvalue weighted by Gasteiger charge is -2.32. The van der Waals surface area contributed by atoms with E-state index in [0.29, 0.717) is 11.6 Å². The van der Waals surface area contributed by atoms with Crippen molar-refractivity contribution in [3.63, 3.8) is 0 Å². The van der Waals surface area contributed by atoms with Crippen LogP contribution in [-0.2, 0) is 9.59 Å². The Morgan fingerprint density at radius 3 is 2.12 bits per heavy atom. The van der Waals surface area contributed by atoms with Gasteiger partial charge in [-0.15, -0.1) is 0 Å². The van der Waals surface area contributed by atoms with Crippen molar-refractivity contribution in [2.24, 2.45) is 11.8 Å². The van der Waals surface area contributed by atoms with Gasteiger partial charge in [0.15, 0.2) is 0 Å². The number of nitrogens with one attached hydrogen (secondary N) is 3. The highest BCUT2D eigenvalue weighted by Gasteiger charge is 2.31. The molecule has 0 bridgehead atoms. The number of amides is 2. The van der Waals surface area contributed by atoms with Gasteiger partial charge in [0, 0.05) is 11.6 Å². The van der Waals surface area contributed by atoms with E-state index in [1.807, 2.05) is 67.6 Å². The van der Waals surface area contributed by atoms with Crippen LogP contribution in [-0.4, -0.2) is 24.9 Å². The van der Waals surface area contributed by atoms with Crippen molar-refractivity contribution in [1.82, 2.24) is 10.6 Å². The standard InChI is InChI=1S/C20H23N3O2/c1-14(16-12-21-13-16)19(24)23-18(15-8-4-2-5-9-15)20(25)22-17-10-6-3-7-11-17/h2-11,14,16,18,21H,12-13H2,1H3,(H,22,25)(H,23,24). The lowest BCUT2D eigenvalue weighted by Crippen LogP contribution is -2.50. The van der Waals surface area contributed by atoms with Crippen molar-refractivity contribution in [2.75, 3.05) is 18.4 Å². The molecule has 2 amide bonds. The molecule has 3 N–H and O–H groups in total. The highest BCUT2D eigenvalue weighted by molar-refractivity contribution is 5.98. The summed E-state index contributed by atoms with van der Waals surface area (Å²) in [4.78, 5) is 25.4. The molecule has 0 radical (unpaired) electrons. The van der Waals surface area contributed by atoms with Gasteiger partial charge in [0.1, 0.15) is 6.04 Å². The molecule has 2 atom stereocenters. The van der Waals surface area contributed by atoms with E-state index in [4.69, 9.17) is 0 Å². The molecule has 0 aromatic heterocycles. The SMILES string of the molecule is CC(C(=O)NC(C(=O)Nc1ccccc1)c1ccccc1)C1CNC1. The van der Waals surface area contributed by atoms with Gasteiger partial charge in [0.05, 0.1) is 0 Å². The summed E-state index contributed by atoms with van der Waals surface area (Å²) in [5.74, 6) is -0.140. The fraction of sp³-hybridized carbons (Fsp3) is 0.300. The molecule has 5 nitrogen and oxygen atoms in total. The first-order chi connectivity index (χ1) is 12.1. The van der Waals surface area contributed by atoms with Crippen LogP contribution in [0.15, 0.2) is 60.7 Å². The van der Waals surface area contributed by atoms with Gasteiger partial charge < -0.3 is 16.0 Å². The Morgan fingerprint density at radius 1 is 0.960 bits per heavy atom. The van der Waals surface area contributed by atoms with Crippen LogP contribution in [0.2, 0.25) is 0 Å². The molecule has 1 heterocycles. The van der Waals surface area contributed by atoms with Crippen molar-refractivity contribution in [3.8, 4) is 0 Å². The van der Waals surface area contributed by atoms with Crippen molar-refractivity contribution in [1.29, 1.82) is 0 Å². The molecule has 2 aromatic rings. The van der Waals surface area contributed by atoms with Crippen molar-refractivity contribution in [2.45, 2.75) is 13.0 Å². The number of anilines is 1. The summed E-state index contributed by atoms with van der Waals surface area (Å²) in [7, 11) is 0. The van der Waals surface area contributed by atoms with Crippen LogP contribution < -0.4 is 16.0 Å². The largest absolute Gasteiger partial charge is 0.340 e. The summed E-state index contributed by atoms with van der Waals surface area (Å²) in [6, 6.07) is 17.9. The van der Waals surface area contributed by atoms with Crippen molar-refractivity contribution in [3.05, 3.63) is 66.2 Å². The van der Waals surface area contributed by atoms with E-state index in [2.05, 4.69) is 16.0 Å². The van der Waals surface area contributed by atoms with Gasteiger partial charge in [-0.05, 0) is 36.7 Å². The first kappa shape index (κ1) is 17.2. The second kappa shape index (κ2) is 7.94. The Hall–Kier alpha value is -2.66. The summed E-state index contributed by atoms with van der Waals surface area (Å²) in [5.41, 5.74) is 1.47. The number of hydrogen-bond acceptors (Lipinski definition) is 3. The molecule has 5 heteroatoms. The lowest BCUT2D eigenvalue weighted by molar-refractivity contribution is -0.130. The van der Waals surface area contributed by atoms with Crippen LogP contribution in [0, 0.1) is 11.8 Å². The molecule has 0 spiro atoms. The number of benzene rings is 2. The predicted octanol–water partition coefficient (Wildman–Crippen LogP) is 2.34. The zero-order valence-corrected chi connectivity index (χ0v) is 14.2. The minimum atomic E-state index is -0.718. The fourth-order valence-corrected chi connectivity index (χ4v) is 2.83. The topological polar surface area (TPSA) is 70.2 Å². The van der Waals surface area contributed by atoms with Gasteiger partial charge >= 0.3 is 0 Å². The Labute approximate surface area is 147 Å². The van der Waals surface area contributed by atoms with Gasteiger partial charge in [-0.1, -0.05) is 55.5 Å². The van der Waals surface area contributed by atoms with E-state index in [0.717, 1.165) is 18.7 Å². The monoisotopic (exact) mass is 337 g/mol. The van der Waals surface area contributed by atoms with Crippen LogP contribution in [0.3, 0.4) is 0 Å². The van der Waals surface area contributed by atoms with E-state index in [1.165, 1.54) is 0 Å². The van der Waals surface area contributed by atoms with Crippen LogP contribution in [0.25, 0.3) is 0 Å². The van der Waals surface area contributed by atoms with E-state index >= 15 is 0 Å². The Bertz CT molecular complexity index is 714. The zero-order valence-electron chi connectivity index (χ0n) is 14.2. The Balaban J connectivity index is 1.75. The normalized spacial score (nSPS) is 16.4. The van der Waals surface area contributed by atoms with Gasteiger partial charge in [0.2, 0.25) is 5.91 Å². The van der Waals surface area contributed by atoms with Crippen LogP contribution in [0.5, 0.6) is 0 Å². The van der Waals surface area contributed by atoms with Gasteiger partial charge in [-0.2, -0.15) is 0 Å². The third-order valence-corrected chi connectivity index (χ3v) is 4.66. The molecule has 130 valence electrons. The molecule has 3 rings (SSSR count). The Morgan fingerprint density at radius 2 is 1.56 bits per heavy atom. The average molecular weight is 337 g/mol. The number of para-hydroxylation sites is 1. The molecule has 2 aromatic carbocycles. The highest BCUT2D eigenvalue weighted by Crippen LogP contribution is 2.20. The molecule has 1 fully saturated rings. The van der Waals surface area contributed by atoms with Crippen LogP contribution >= 0.6 is 0 Å². The highest BCUT2D eigenvalue weighted by atomic mass is 16.2. The summed E-state index contributed by atoms with van der Waals surface area (Å²) < 4.78 is 0. The van der Waals surface area contributed by atoms with E-state index in [1.54, 1.807) is 0 Å². The van der Waals surface area contributed by atoms with Crippen molar-refractivity contribution >= 4 is 17.5 Å². The van der Waals surface area contributed by atoms with Gasteiger partial charge in [0.25, 0.3) is 5.91 Å². The molecule has 1 aliphatic heterocycles. The van der Waals surface area contributed by atoms with Gasteiger partial charge in [-0.25, -0.2) is 0 Å². The first-order valence-corrected chi connectivity index (χ1v) is 8.57. The van der Waals surface area contributed by atoms with Crippen LogP contribution in [0.1, 0.15) is 18.5 Å².